The molecule has 58 heavy (non-hydrogen) atoms. The van der Waals surface area contributed by atoms with Crippen LogP contribution in [0.3, 0.4) is 0 Å². The predicted molar refractivity (Wildman–Crippen MR) is 197 cm³/mol. The Morgan fingerprint density at radius 2 is 1.67 bits per heavy atom. The van der Waals surface area contributed by atoms with Crippen LogP contribution in [0.4, 0.5) is 5.82 Å². The van der Waals surface area contributed by atoms with Gasteiger partial charge in [0.2, 0.25) is 11.8 Å². The predicted octanol–water partition coefficient (Wildman–Crippen LogP) is -0.341. The average molecular weight is 904 g/mol. The number of nitrogens with two attached hydrogens (primary N) is 1. The number of phosphoric ester groups is 3. The second kappa shape index (κ2) is 19.4. The van der Waals surface area contributed by atoms with E-state index in [2.05, 4.69) is 34.4 Å². The number of fused-ring (bicyclic) bond motifs is 1. The maximum atomic E-state index is 12.7. The molecule has 324 valence electrons. The molecule has 3 aromatic rings. The summed E-state index contributed by atoms with van der Waals surface area (Å²) in [7, 11) is -19.9. The van der Waals surface area contributed by atoms with Crippen LogP contribution in [0.2, 0.25) is 0 Å². The van der Waals surface area contributed by atoms with Crippen molar-refractivity contribution in [3.05, 3.63) is 43.0 Å². The Bertz CT molecular complexity index is 2160. The number of nitrogens with zero attached hydrogens (tertiary/aromatic N) is 4. The summed E-state index contributed by atoms with van der Waals surface area (Å²) in [5.74, 6) is -1.62. The number of sulfone groups is 1. The van der Waals surface area contributed by atoms with Gasteiger partial charge < -0.3 is 50.9 Å². The number of imidazole rings is 1. The third-order valence-corrected chi connectivity index (χ3v) is 13.3. The lowest BCUT2D eigenvalue weighted by Gasteiger charge is -2.30. The summed E-state index contributed by atoms with van der Waals surface area (Å²) in [6.45, 7) is 0.386. The van der Waals surface area contributed by atoms with Crippen molar-refractivity contribution >= 4 is 62.1 Å². The number of nitrogens with one attached hydrogen (secondary N) is 2. The summed E-state index contributed by atoms with van der Waals surface area (Å²) >= 11 is 0. The first kappa shape index (κ1) is 47.4. The number of rotatable bonds is 22. The Kier molecular flexibility index (Phi) is 15.8. The first-order valence-corrected chi connectivity index (χ1v) is 23.3. The normalized spacial score (nSPS) is 21.6. The van der Waals surface area contributed by atoms with Crippen LogP contribution in [-0.4, -0.2) is 126 Å². The number of unbranched alkanes of at least 4 members (excludes halogenated alkanes) is 1. The van der Waals surface area contributed by atoms with E-state index in [1.54, 1.807) is 18.2 Å². The van der Waals surface area contributed by atoms with Crippen LogP contribution in [0.15, 0.2) is 47.9 Å². The van der Waals surface area contributed by atoms with Gasteiger partial charge in [-0.2, -0.15) is 4.31 Å². The maximum absolute atomic E-state index is 12.7. The van der Waals surface area contributed by atoms with E-state index in [1.165, 1.54) is 26.0 Å². The SMILES string of the molecule is CC(C)(COP(=O)(O)OP(=O)(O)OC[C@H]1O[C@@H](n2cnc3c(N)ncnc32)[C@H](O)[C@@H]1OP(=O)(O)O)[C@@H](O)C(=O)NCCC(=O)NCCCCS(=O)(=O)c1ccccc1. The van der Waals surface area contributed by atoms with Crippen molar-refractivity contribution in [1.29, 1.82) is 0 Å². The van der Waals surface area contributed by atoms with Gasteiger partial charge in [-0.15, -0.1) is 0 Å². The van der Waals surface area contributed by atoms with E-state index in [9.17, 15) is 61.5 Å². The van der Waals surface area contributed by atoms with Crippen LogP contribution in [0.1, 0.15) is 39.3 Å². The topological polar surface area (TPSA) is 381 Å². The largest absolute Gasteiger partial charge is 0.481 e. The number of ether oxygens (including phenoxy) is 1. The third-order valence-electron chi connectivity index (χ3n) is 8.34. The van der Waals surface area contributed by atoms with Gasteiger partial charge in [-0.25, -0.2) is 37.1 Å². The molecular formula is C29H44N7O18P3S. The highest BCUT2D eigenvalue weighted by Gasteiger charge is 2.50. The lowest BCUT2D eigenvalue weighted by molar-refractivity contribution is -0.137. The number of hydrogen-bond acceptors (Lipinski definition) is 18. The number of phosphoric acid groups is 3. The second-order valence-electron chi connectivity index (χ2n) is 13.4. The number of aliphatic hydroxyl groups is 2. The van der Waals surface area contributed by atoms with Crippen molar-refractivity contribution in [2.45, 2.75) is 68.6 Å². The molecule has 2 unspecified atom stereocenters. The van der Waals surface area contributed by atoms with E-state index < -0.39 is 94.4 Å². The molecule has 1 aliphatic rings. The molecule has 10 N–H and O–H groups in total. The summed E-state index contributed by atoms with van der Waals surface area (Å²) in [4.78, 5) is 75.9. The van der Waals surface area contributed by atoms with Crippen LogP contribution in [-0.2, 0) is 55.7 Å². The molecule has 25 nitrogen and oxygen atoms in total. The molecule has 1 fully saturated rings. The zero-order valence-corrected chi connectivity index (χ0v) is 34.3. The van der Waals surface area contributed by atoms with Crippen LogP contribution in [0, 0.1) is 5.41 Å². The van der Waals surface area contributed by atoms with Crippen molar-refractivity contribution in [3.8, 4) is 0 Å². The van der Waals surface area contributed by atoms with Gasteiger partial charge in [-0.1, -0.05) is 32.0 Å². The number of aliphatic hydroxyl groups excluding tert-OH is 2. The smallest absolute Gasteiger partial charge is 0.386 e. The highest BCUT2D eigenvalue weighted by molar-refractivity contribution is 7.91. The summed E-state index contributed by atoms with van der Waals surface area (Å²) in [5, 5.41) is 26.4. The summed E-state index contributed by atoms with van der Waals surface area (Å²) in [6.07, 6.45) is -6.34. The van der Waals surface area contributed by atoms with E-state index >= 15 is 0 Å². The van der Waals surface area contributed by atoms with Gasteiger partial charge in [0.25, 0.3) is 0 Å². The molecule has 0 radical (unpaired) electrons. The number of benzene rings is 1. The van der Waals surface area contributed by atoms with Crippen molar-refractivity contribution in [1.82, 2.24) is 30.2 Å². The van der Waals surface area contributed by atoms with Gasteiger partial charge in [-0.05, 0) is 25.0 Å². The van der Waals surface area contributed by atoms with E-state index in [0.717, 1.165) is 17.2 Å². The molecule has 0 aliphatic carbocycles. The number of carbonyl (C=O) groups is 2. The average Bonchev–Trinajstić information content (AvgIpc) is 3.69. The fraction of sp³-hybridized carbons (Fsp3) is 0.552. The van der Waals surface area contributed by atoms with E-state index in [0.29, 0.717) is 12.8 Å². The molecule has 7 atom stereocenters. The molecule has 2 amide bonds. The highest BCUT2D eigenvalue weighted by atomic mass is 32.2. The molecule has 0 saturated carbocycles. The highest BCUT2D eigenvalue weighted by Crippen LogP contribution is 2.61. The Balaban J connectivity index is 1.22. The number of hydrogen-bond donors (Lipinski definition) is 9. The molecule has 4 rings (SSSR count). The Morgan fingerprint density at radius 3 is 2.34 bits per heavy atom. The standard InChI is InChI=1S/C29H44N7O18P3S/c1-29(2,24(39)27(40)32-12-10-20(37)31-11-6-7-13-58(48,49)18-8-4-3-5-9-18)15-51-57(46,47)54-56(44,45)50-14-19-23(53-55(41,42)43)22(38)28(52-19)36-17-35-21-25(30)33-16-34-26(21)36/h3-5,8-9,16-17,19,22-24,28,38-39H,6-7,10-15H2,1-2H3,(H,31,37)(H,32,40)(H,44,45)(H,46,47)(H2,30,33,34)(H2,41,42,43)/t19-,22-,23-,24+,28-/m1/s1. The van der Waals surface area contributed by atoms with E-state index in [4.69, 9.17) is 19.5 Å². The van der Waals surface area contributed by atoms with Crippen LogP contribution in [0.25, 0.3) is 11.2 Å². The fourth-order valence-electron chi connectivity index (χ4n) is 5.33. The minimum Gasteiger partial charge on any atom is -0.386 e. The number of anilines is 1. The Hall–Kier alpha value is -3.29. The number of carbonyl (C=O) groups excluding carboxylic acids is 2. The van der Waals surface area contributed by atoms with Gasteiger partial charge in [0.15, 0.2) is 27.5 Å². The maximum Gasteiger partial charge on any atom is 0.481 e. The van der Waals surface area contributed by atoms with Gasteiger partial charge in [-0.3, -0.25) is 27.7 Å². The van der Waals surface area contributed by atoms with Crippen molar-refractivity contribution < 1.29 is 84.1 Å². The monoisotopic (exact) mass is 903 g/mol. The number of aromatic nitrogens is 4. The molecule has 1 saturated heterocycles. The van der Waals surface area contributed by atoms with Gasteiger partial charge in [0.1, 0.15) is 36.3 Å². The van der Waals surface area contributed by atoms with Gasteiger partial charge >= 0.3 is 23.5 Å². The van der Waals surface area contributed by atoms with Gasteiger partial charge in [0.05, 0.1) is 30.2 Å². The van der Waals surface area contributed by atoms with Crippen molar-refractivity contribution in [2.24, 2.45) is 5.41 Å². The minimum atomic E-state index is -5.58. The molecule has 29 heteroatoms. The van der Waals surface area contributed by atoms with Crippen LogP contribution >= 0.6 is 23.5 Å². The van der Waals surface area contributed by atoms with Crippen molar-refractivity contribution in [3.63, 3.8) is 0 Å². The molecular weight excluding hydrogens is 859 g/mol. The first-order chi connectivity index (χ1) is 26.9. The van der Waals surface area contributed by atoms with Gasteiger partial charge in [0, 0.05) is 24.9 Å². The quantitative estimate of drug-likeness (QED) is 0.0460. The molecule has 0 bridgehead atoms. The molecule has 0 spiro atoms. The first-order valence-electron chi connectivity index (χ1n) is 17.1. The summed E-state index contributed by atoms with van der Waals surface area (Å²) in [5.41, 5.74) is 4.23. The zero-order valence-electron chi connectivity index (χ0n) is 30.8. The van der Waals surface area contributed by atoms with E-state index in [1.807, 2.05) is 0 Å². The van der Waals surface area contributed by atoms with Crippen LogP contribution in [0.5, 0.6) is 0 Å². The number of amides is 2. The lowest BCUT2D eigenvalue weighted by Crippen LogP contribution is -2.46. The lowest BCUT2D eigenvalue weighted by atomic mass is 9.87. The molecule has 2 aromatic heterocycles. The fourth-order valence-corrected chi connectivity index (χ4v) is 9.55. The minimum absolute atomic E-state index is 0.0242. The Morgan fingerprint density at radius 1 is 1.00 bits per heavy atom. The van der Waals surface area contributed by atoms with E-state index in [-0.39, 0.29) is 47.1 Å². The second-order valence-corrected chi connectivity index (χ2v) is 19.8. The molecule has 3 heterocycles. The van der Waals surface area contributed by atoms with Crippen molar-refractivity contribution in [2.75, 3.05) is 37.8 Å². The van der Waals surface area contributed by atoms with Crippen LogP contribution < -0.4 is 16.4 Å². The summed E-state index contributed by atoms with van der Waals surface area (Å²) < 4.78 is 86.8. The Labute approximate surface area is 330 Å². The zero-order chi connectivity index (χ0) is 43.1. The molecule has 1 aromatic carbocycles. The summed E-state index contributed by atoms with van der Waals surface area (Å²) in [6, 6.07) is 7.93. The molecule has 1 aliphatic heterocycles. The number of nitrogen functional groups attached to an aromatic ring is 1. The third kappa shape index (κ3) is 13.4.